The van der Waals surface area contributed by atoms with Crippen molar-refractivity contribution >= 4 is 35.7 Å². The summed E-state index contributed by atoms with van der Waals surface area (Å²) in [5.74, 6) is 0.901. The van der Waals surface area contributed by atoms with Crippen molar-refractivity contribution in [1.29, 1.82) is 0 Å². The summed E-state index contributed by atoms with van der Waals surface area (Å²) in [6.45, 7) is 26.6. The van der Waals surface area contributed by atoms with E-state index >= 15 is 0 Å². The molecule has 0 aliphatic carbocycles. The number of phenolic OH excluding ortho intramolecular Hbond substituents is 2. The highest BCUT2D eigenvalue weighted by molar-refractivity contribution is 7.89. The highest BCUT2D eigenvalue weighted by Crippen LogP contribution is 2.62. The predicted octanol–water partition coefficient (Wildman–Crippen LogP) is 8.89. The average molecular weight is 1050 g/mol. The third-order valence-corrected chi connectivity index (χ3v) is 22.4. The lowest BCUT2D eigenvalue weighted by molar-refractivity contribution is -0.001000. The molecule has 0 saturated heterocycles. The van der Waals surface area contributed by atoms with Gasteiger partial charge in [0, 0.05) is 0 Å². The quantitative estimate of drug-likeness (QED) is 0.0798. The molecule has 0 saturated carbocycles. The number of aromatic hydroxyl groups is 2. The van der Waals surface area contributed by atoms with E-state index in [4.69, 9.17) is 0 Å². The van der Waals surface area contributed by atoms with Crippen LogP contribution in [0.3, 0.4) is 0 Å². The number of halogens is 2. The molecule has 0 spiro atoms. The molecule has 0 heterocycles. The Morgan fingerprint density at radius 1 is 0.333 bits per heavy atom. The first-order valence-corrected chi connectivity index (χ1v) is 28.1. The van der Waals surface area contributed by atoms with Gasteiger partial charge >= 0.3 is 0 Å². The number of hydrogen-bond acceptors (Lipinski definition) is 2. The van der Waals surface area contributed by atoms with Crippen molar-refractivity contribution in [1.82, 2.24) is 0 Å². The summed E-state index contributed by atoms with van der Waals surface area (Å²) < 4.78 is 0. The van der Waals surface area contributed by atoms with Gasteiger partial charge in [-0.3, -0.25) is 0 Å². The van der Waals surface area contributed by atoms with E-state index in [1.165, 1.54) is 45.2 Å². The lowest BCUT2D eigenvalue weighted by atomic mass is 9.78. The van der Waals surface area contributed by atoms with Crippen LogP contribution in [0.1, 0.15) is 142 Å². The van der Waals surface area contributed by atoms with Crippen LogP contribution in [0.2, 0.25) is 0 Å². The molecule has 0 radical (unpaired) electrons. The van der Waals surface area contributed by atoms with Crippen molar-refractivity contribution in [2.24, 2.45) is 0 Å². The Bertz CT molecular complexity index is 2120. The molecule has 0 aliphatic rings. The number of phenols is 2. The molecule has 2 N–H and O–H groups in total. The van der Waals surface area contributed by atoms with E-state index in [9.17, 15) is 10.2 Å². The molecule has 0 amide bonds. The number of hydrogen-bond donors (Lipinski definition) is 2. The number of benzene rings is 6. The zero-order valence-electron chi connectivity index (χ0n) is 42.1. The Labute approximate surface area is 422 Å². The van der Waals surface area contributed by atoms with Crippen molar-refractivity contribution in [2.75, 3.05) is 12.3 Å². The number of unbranched alkanes of at least 4 members (excludes halogenated alkanes) is 3. The third-order valence-electron chi connectivity index (χ3n) is 13.3. The highest BCUT2D eigenvalue weighted by atomic mass is 79.9. The second-order valence-corrected chi connectivity index (χ2v) is 30.0. The first-order chi connectivity index (χ1) is 30.1. The average Bonchev–Trinajstić information content (AvgIpc) is 3.24. The SMILES string of the molecule is CC(C)(C)c1cc(C[P+](CCCCCC[P+](Cc2cc(C(C)(C)C)c(O)c(C(C)(C)C)c2)(c2ccccc2)c2ccccc2)(c2ccccc2)c2ccccc2)cc(C(C)(C)C)c1O.[Br-].[Br-]. The molecule has 0 bridgehead atoms. The Morgan fingerprint density at radius 2 is 0.545 bits per heavy atom. The van der Waals surface area contributed by atoms with Gasteiger partial charge in [0.2, 0.25) is 0 Å². The first kappa shape index (κ1) is 55.3. The highest BCUT2D eigenvalue weighted by Gasteiger charge is 2.45. The van der Waals surface area contributed by atoms with E-state index in [2.05, 4.69) is 229 Å². The molecular formula is C60H78Br2O2P2. The van der Waals surface area contributed by atoms with Crippen molar-refractivity contribution in [3.05, 3.63) is 179 Å². The maximum absolute atomic E-state index is 11.7. The summed E-state index contributed by atoms with van der Waals surface area (Å²) in [6.07, 6.45) is 8.83. The van der Waals surface area contributed by atoms with Crippen LogP contribution in [-0.4, -0.2) is 22.5 Å². The first-order valence-electron chi connectivity index (χ1n) is 23.8. The minimum absolute atomic E-state index is 0. The van der Waals surface area contributed by atoms with Gasteiger partial charge in [-0.15, -0.1) is 0 Å². The molecule has 0 unspecified atom stereocenters. The van der Waals surface area contributed by atoms with E-state index < -0.39 is 14.5 Å². The lowest BCUT2D eigenvalue weighted by Gasteiger charge is -2.32. The second kappa shape index (κ2) is 22.4. The van der Waals surface area contributed by atoms with E-state index in [1.54, 1.807) is 0 Å². The summed E-state index contributed by atoms with van der Waals surface area (Å²) >= 11 is 0. The molecule has 66 heavy (non-hydrogen) atoms. The van der Waals surface area contributed by atoms with Crippen LogP contribution >= 0.6 is 14.5 Å². The third kappa shape index (κ3) is 12.9. The van der Waals surface area contributed by atoms with Crippen LogP contribution in [0, 0.1) is 0 Å². The Balaban J connectivity index is 0.00000476. The molecule has 0 aliphatic heterocycles. The fraction of sp³-hybridized carbons (Fsp3) is 0.400. The van der Waals surface area contributed by atoms with Gasteiger partial charge in [-0.2, -0.15) is 0 Å². The van der Waals surface area contributed by atoms with Crippen LogP contribution in [0.5, 0.6) is 11.5 Å². The van der Waals surface area contributed by atoms with Crippen molar-refractivity contribution in [2.45, 2.75) is 143 Å². The van der Waals surface area contributed by atoms with E-state index in [0.29, 0.717) is 11.5 Å². The van der Waals surface area contributed by atoms with Gasteiger partial charge in [0.15, 0.2) is 0 Å². The largest absolute Gasteiger partial charge is 1.00 e. The van der Waals surface area contributed by atoms with Gasteiger partial charge in [-0.25, -0.2) is 0 Å². The molecule has 354 valence electrons. The summed E-state index contributed by atoms with van der Waals surface area (Å²) in [6, 6.07) is 54.8. The second-order valence-electron chi connectivity index (χ2n) is 22.5. The molecule has 6 rings (SSSR count). The minimum Gasteiger partial charge on any atom is -1.00 e. The summed E-state index contributed by atoms with van der Waals surface area (Å²) in [7, 11) is -3.88. The fourth-order valence-corrected chi connectivity index (χ4v) is 18.6. The van der Waals surface area contributed by atoms with Crippen LogP contribution in [-0.2, 0) is 34.0 Å². The topological polar surface area (TPSA) is 40.5 Å². The number of rotatable bonds is 15. The summed E-state index contributed by atoms with van der Waals surface area (Å²) in [5.41, 5.74) is 6.04. The Hall–Kier alpha value is -3.26. The van der Waals surface area contributed by atoms with Crippen LogP contribution < -0.4 is 55.2 Å². The maximum atomic E-state index is 11.7. The predicted molar refractivity (Wildman–Crippen MR) is 285 cm³/mol. The Morgan fingerprint density at radius 3 is 0.742 bits per heavy atom. The monoisotopic (exact) mass is 1050 g/mol. The molecule has 0 fully saturated rings. The minimum atomic E-state index is -1.94. The van der Waals surface area contributed by atoms with E-state index in [0.717, 1.165) is 59.7 Å². The van der Waals surface area contributed by atoms with Gasteiger partial charge in [-0.05, 0) is 154 Å². The van der Waals surface area contributed by atoms with Crippen molar-refractivity contribution < 1.29 is 44.2 Å². The van der Waals surface area contributed by atoms with Gasteiger partial charge in [-0.1, -0.05) is 156 Å². The van der Waals surface area contributed by atoms with Gasteiger partial charge in [0.1, 0.15) is 11.5 Å². The summed E-state index contributed by atoms with van der Waals surface area (Å²) in [5, 5.41) is 29.3. The Kier molecular flexibility index (Phi) is 18.8. The van der Waals surface area contributed by atoms with E-state index in [-0.39, 0.29) is 55.6 Å². The molecule has 6 aromatic rings. The molecular weight excluding hydrogens is 974 g/mol. The zero-order valence-corrected chi connectivity index (χ0v) is 47.0. The molecule has 0 atom stereocenters. The van der Waals surface area contributed by atoms with Gasteiger partial charge in [0.25, 0.3) is 0 Å². The molecule has 2 nitrogen and oxygen atoms in total. The lowest BCUT2D eigenvalue weighted by Crippen LogP contribution is -3.00. The van der Waals surface area contributed by atoms with Crippen LogP contribution in [0.4, 0.5) is 0 Å². The molecule has 6 aromatic carbocycles. The van der Waals surface area contributed by atoms with Gasteiger partial charge in [0.05, 0.1) is 60.4 Å². The summed E-state index contributed by atoms with van der Waals surface area (Å²) in [4.78, 5) is 0. The standard InChI is InChI=1S/C60H76O2P2.2BrH/c1-57(2,3)51-39-45(40-52(55(51)61)58(4,5)6)43-63(47-29-19-15-20-30-47,48-31-21-16-22-32-48)37-27-13-14-28-38-64(49-33-23-17-24-34-49,50-35-25-18-26-36-50)44-46-41-53(59(7,8)9)56(62)54(42-46)60(10,11)12;;/h15-26,29-36,39-42H,13-14,27-28,37-38,43-44H2,1-12H3;2*1H. The molecule has 6 heteroatoms. The van der Waals surface area contributed by atoms with Crippen LogP contribution in [0.15, 0.2) is 146 Å². The van der Waals surface area contributed by atoms with E-state index in [1.807, 2.05) is 0 Å². The van der Waals surface area contributed by atoms with Crippen molar-refractivity contribution in [3.63, 3.8) is 0 Å². The zero-order chi connectivity index (χ0) is 46.6. The maximum Gasteiger partial charge on any atom is 0.123 e. The fourth-order valence-electron chi connectivity index (χ4n) is 9.79. The van der Waals surface area contributed by atoms with Gasteiger partial charge < -0.3 is 44.2 Å². The normalized spacial score (nSPS) is 12.6. The van der Waals surface area contributed by atoms with Crippen molar-refractivity contribution in [3.8, 4) is 11.5 Å². The molecule has 0 aromatic heterocycles. The van der Waals surface area contributed by atoms with Crippen LogP contribution in [0.25, 0.3) is 0 Å². The smallest absolute Gasteiger partial charge is 0.123 e.